The van der Waals surface area contributed by atoms with Gasteiger partial charge in [0.15, 0.2) is 5.13 Å². The zero-order valence-corrected chi connectivity index (χ0v) is 12.4. The second-order valence-electron chi connectivity index (χ2n) is 4.22. The molecule has 1 heterocycles. The molecule has 1 aromatic carbocycles. The summed E-state index contributed by atoms with van der Waals surface area (Å²) < 4.78 is 18.2. The highest BCUT2D eigenvalue weighted by atomic mass is 32.1. The standard InChI is InChI=1S/C14H18FN3OS/c1-3-18(11-6-4-10(15)5-7-11)14-17-12(9-19-2)13(8-16)20-14/h4-7H,3,8-9,16H2,1-2H3. The maximum absolute atomic E-state index is 13.0. The molecule has 0 atom stereocenters. The molecule has 4 nitrogen and oxygen atoms in total. The van der Waals surface area contributed by atoms with E-state index in [2.05, 4.69) is 4.98 Å². The Bertz CT molecular complexity index is 556. The summed E-state index contributed by atoms with van der Waals surface area (Å²) in [6.07, 6.45) is 0. The molecule has 0 fully saturated rings. The molecule has 108 valence electrons. The van der Waals surface area contributed by atoms with Crippen LogP contribution in [-0.2, 0) is 17.9 Å². The molecule has 2 rings (SSSR count). The van der Waals surface area contributed by atoms with E-state index in [9.17, 15) is 4.39 Å². The maximum atomic E-state index is 13.0. The predicted octanol–water partition coefficient (Wildman–Crippen LogP) is 3.05. The van der Waals surface area contributed by atoms with Gasteiger partial charge < -0.3 is 15.4 Å². The number of ether oxygens (including phenoxy) is 1. The van der Waals surface area contributed by atoms with E-state index >= 15 is 0 Å². The molecule has 0 unspecified atom stereocenters. The smallest absolute Gasteiger partial charge is 0.190 e. The van der Waals surface area contributed by atoms with Crippen LogP contribution in [0.2, 0.25) is 0 Å². The quantitative estimate of drug-likeness (QED) is 0.890. The highest BCUT2D eigenvalue weighted by molar-refractivity contribution is 7.15. The molecule has 6 heteroatoms. The zero-order chi connectivity index (χ0) is 14.5. The lowest BCUT2D eigenvalue weighted by molar-refractivity contribution is 0.181. The lowest BCUT2D eigenvalue weighted by Crippen LogP contribution is -2.15. The average Bonchev–Trinajstić information content (AvgIpc) is 2.85. The van der Waals surface area contributed by atoms with Crippen LogP contribution in [0.4, 0.5) is 15.2 Å². The van der Waals surface area contributed by atoms with Gasteiger partial charge in [0, 0.05) is 30.8 Å². The predicted molar refractivity (Wildman–Crippen MR) is 79.8 cm³/mol. The van der Waals surface area contributed by atoms with E-state index in [1.54, 1.807) is 30.6 Å². The first-order valence-corrected chi connectivity index (χ1v) is 7.22. The van der Waals surface area contributed by atoms with Crippen molar-refractivity contribution in [2.45, 2.75) is 20.1 Å². The highest BCUT2D eigenvalue weighted by Crippen LogP contribution is 2.31. The minimum absolute atomic E-state index is 0.244. The van der Waals surface area contributed by atoms with Gasteiger partial charge in [-0.15, -0.1) is 0 Å². The van der Waals surface area contributed by atoms with Crippen molar-refractivity contribution in [3.8, 4) is 0 Å². The van der Waals surface area contributed by atoms with Crippen molar-refractivity contribution < 1.29 is 9.13 Å². The molecule has 0 aliphatic heterocycles. The Hall–Kier alpha value is -1.50. The Kier molecular flexibility index (Phi) is 5.05. The van der Waals surface area contributed by atoms with E-state index in [1.165, 1.54) is 12.1 Å². The Labute approximate surface area is 122 Å². The Morgan fingerprint density at radius 2 is 2.05 bits per heavy atom. The fraction of sp³-hybridized carbons (Fsp3) is 0.357. The van der Waals surface area contributed by atoms with Gasteiger partial charge in [0.2, 0.25) is 0 Å². The number of hydrogen-bond acceptors (Lipinski definition) is 5. The Morgan fingerprint density at radius 1 is 1.35 bits per heavy atom. The van der Waals surface area contributed by atoms with Crippen LogP contribution in [0.25, 0.3) is 0 Å². The number of rotatable bonds is 6. The molecule has 20 heavy (non-hydrogen) atoms. The van der Waals surface area contributed by atoms with Crippen LogP contribution in [0.1, 0.15) is 17.5 Å². The molecule has 0 aliphatic rings. The van der Waals surface area contributed by atoms with Crippen molar-refractivity contribution in [1.29, 1.82) is 0 Å². The molecule has 0 aliphatic carbocycles. The summed E-state index contributed by atoms with van der Waals surface area (Å²) in [4.78, 5) is 7.63. The lowest BCUT2D eigenvalue weighted by atomic mass is 10.3. The lowest BCUT2D eigenvalue weighted by Gasteiger charge is -2.19. The summed E-state index contributed by atoms with van der Waals surface area (Å²) in [6, 6.07) is 6.40. The first-order valence-electron chi connectivity index (χ1n) is 6.40. The van der Waals surface area contributed by atoms with Crippen LogP contribution >= 0.6 is 11.3 Å². The van der Waals surface area contributed by atoms with Crippen molar-refractivity contribution in [3.63, 3.8) is 0 Å². The van der Waals surface area contributed by atoms with E-state index in [0.717, 1.165) is 27.9 Å². The monoisotopic (exact) mass is 295 g/mol. The normalized spacial score (nSPS) is 10.8. The zero-order valence-electron chi connectivity index (χ0n) is 11.6. The molecule has 0 bridgehead atoms. The van der Waals surface area contributed by atoms with Gasteiger partial charge in [-0.05, 0) is 31.2 Å². The summed E-state index contributed by atoms with van der Waals surface area (Å²) in [5.41, 5.74) is 7.52. The molecule has 0 amide bonds. The number of aromatic nitrogens is 1. The largest absolute Gasteiger partial charge is 0.378 e. The SMILES string of the molecule is CCN(c1ccc(F)cc1)c1nc(COC)c(CN)s1. The molecule has 0 radical (unpaired) electrons. The maximum Gasteiger partial charge on any atom is 0.190 e. The van der Waals surface area contributed by atoms with Crippen LogP contribution in [-0.4, -0.2) is 18.6 Å². The van der Waals surface area contributed by atoms with Gasteiger partial charge in [0.05, 0.1) is 12.3 Å². The molecular weight excluding hydrogens is 277 g/mol. The molecule has 0 saturated heterocycles. The Morgan fingerprint density at radius 3 is 2.60 bits per heavy atom. The average molecular weight is 295 g/mol. The fourth-order valence-corrected chi connectivity index (χ4v) is 2.97. The van der Waals surface area contributed by atoms with Gasteiger partial charge in [0.25, 0.3) is 0 Å². The van der Waals surface area contributed by atoms with Gasteiger partial charge in [-0.2, -0.15) is 0 Å². The number of anilines is 2. The third kappa shape index (κ3) is 3.15. The van der Waals surface area contributed by atoms with E-state index < -0.39 is 0 Å². The van der Waals surface area contributed by atoms with Crippen molar-refractivity contribution >= 4 is 22.2 Å². The van der Waals surface area contributed by atoms with E-state index in [4.69, 9.17) is 10.5 Å². The number of methoxy groups -OCH3 is 1. The summed E-state index contributed by atoms with van der Waals surface area (Å²) in [5, 5.41) is 0.853. The van der Waals surface area contributed by atoms with Gasteiger partial charge >= 0.3 is 0 Å². The summed E-state index contributed by atoms with van der Waals surface area (Å²) in [7, 11) is 1.64. The van der Waals surface area contributed by atoms with Crippen LogP contribution in [0.3, 0.4) is 0 Å². The third-order valence-electron chi connectivity index (χ3n) is 2.92. The van der Waals surface area contributed by atoms with Gasteiger partial charge in [-0.25, -0.2) is 9.37 Å². The second-order valence-corrected chi connectivity index (χ2v) is 5.29. The third-order valence-corrected chi connectivity index (χ3v) is 4.06. The number of nitrogens with zero attached hydrogens (tertiary/aromatic N) is 2. The van der Waals surface area contributed by atoms with Gasteiger partial charge in [0.1, 0.15) is 5.82 Å². The number of hydrogen-bond donors (Lipinski definition) is 1. The van der Waals surface area contributed by atoms with Crippen LogP contribution in [0.15, 0.2) is 24.3 Å². The number of halogens is 1. The van der Waals surface area contributed by atoms with Crippen LogP contribution < -0.4 is 10.6 Å². The number of nitrogens with two attached hydrogens (primary N) is 1. The van der Waals surface area contributed by atoms with Crippen molar-refractivity contribution in [1.82, 2.24) is 4.98 Å². The molecule has 2 aromatic rings. The fourth-order valence-electron chi connectivity index (χ4n) is 1.94. The van der Waals surface area contributed by atoms with E-state index in [1.807, 2.05) is 11.8 Å². The summed E-state index contributed by atoms with van der Waals surface area (Å²) >= 11 is 1.55. The van der Waals surface area contributed by atoms with Gasteiger partial charge in [-0.3, -0.25) is 0 Å². The molecule has 0 spiro atoms. The van der Waals surface area contributed by atoms with Crippen molar-refractivity contribution in [2.75, 3.05) is 18.6 Å². The number of benzene rings is 1. The van der Waals surface area contributed by atoms with Crippen LogP contribution in [0, 0.1) is 5.82 Å². The molecule has 1 aromatic heterocycles. The first kappa shape index (κ1) is 14.9. The van der Waals surface area contributed by atoms with E-state index in [-0.39, 0.29) is 5.82 Å². The Balaban J connectivity index is 2.33. The molecule has 0 saturated carbocycles. The minimum Gasteiger partial charge on any atom is -0.378 e. The second kappa shape index (κ2) is 6.78. The highest BCUT2D eigenvalue weighted by Gasteiger charge is 2.16. The first-order chi connectivity index (χ1) is 9.69. The summed E-state index contributed by atoms with van der Waals surface area (Å²) in [6.45, 7) is 3.67. The van der Waals surface area contributed by atoms with Gasteiger partial charge in [-0.1, -0.05) is 11.3 Å². The summed E-state index contributed by atoms with van der Waals surface area (Å²) in [5.74, 6) is -0.244. The molecular formula is C14H18FN3OS. The van der Waals surface area contributed by atoms with Crippen LogP contribution in [0.5, 0.6) is 0 Å². The minimum atomic E-state index is -0.244. The topological polar surface area (TPSA) is 51.4 Å². The van der Waals surface area contributed by atoms with Crippen molar-refractivity contribution in [3.05, 3.63) is 40.7 Å². The number of thiazole rings is 1. The molecule has 2 N–H and O–H groups in total. The van der Waals surface area contributed by atoms with E-state index in [0.29, 0.717) is 13.2 Å². The van der Waals surface area contributed by atoms with Crippen molar-refractivity contribution in [2.24, 2.45) is 5.73 Å².